The standard InChI is InChI=1S/C22H22F2N4O3/c23-15-5-4-6-16(24)17(15)20-27-18(19(25)29)21(31-20)26-14-9-7-13(8-10-14)22(30)28-11-2-1-3-12-28/h4-10,15,17,26H,1-3,11-12H2,(H2,25,29). The molecule has 4 rings (SSSR count). The number of allylic oxidation sites excluding steroid dienone is 4. The van der Waals surface area contributed by atoms with E-state index in [-0.39, 0.29) is 23.4 Å². The third kappa shape index (κ3) is 4.35. The number of carbonyl (C=O) groups excluding carboxylic acids is 2. The number of hydrogen-bond donors (Lipinski definition) is 2. The molecule has 0 spiro atoms. The minimum atomic E-state index is -1.68. The molecule has 9 heteroatoms. The van der Waals surface area contributed by atoms with Crippen LogP contribution in [0.2, 0.25) is 0 Å². The monoisotopic (exact) mass is 428 g/mol. The summed E-state index contributed by atoms with van der Waals surface area (Å²) in [5.41, 5.74) is 6.13. The highest BCUT2D eigenvalue weighted by Crippen LogP contribution is 2.36. The van der Waals surface area contributed by atoms with Gasteiger partial charge < -0.3 is 20.4 Å². The van der Waals surface area contributed by atoms with Gasteiger partial charge in [-0.3, -0.25) is 9.59 Å². The third-order valence-corrected chi connectivity index (χ3v) is 5.34. The molecular formula is C22H22F2N4O3. The zero-order valence-electron chi connectivity index (χ0n) is 16.7. The number of benzene rings is 1. The maximum atomic E-state index is 14.2. The van der Waals surface area contributed by atoms with Crippen LogP contribution < -0.4 is 11.1 Å². The first-order valence-corrected chi connectivity index (χ1v) is 10.1. The molecule has 31 heavy (non-hydrogen) atoms. The molecule has 1 fully saturated rings. The van der Waals surface area contributed by atoms with Crippen LogP contribution >= 0.6 is 0 Å². The first-order valence-electron chi connectivity index (χ1n) is 10.1. The molecule has 7 nitrogen and oxygen atoms in total. The van der Waals surface area contributed by atoms with E-state index in [0.717, 1.165) is 38.4 Å². The van der Waals surface area contributed by atoms with Crippen molar-refractivity contribution >= 4 is 23.4 Å². The van der Waals surface area contributed by atoms with Crippen molar-refractivity contribution in [1.29, 1.82) is 0 Å². The molecule has 2 heterocycles. The summed E-state index contributed by atoms with van der Waals surface area (Å²) in [6.07, 6.45) is 5.00. The Balaban J connectivity index is 1.54. The molecule has 1 aromatic carbocycles. The van der Waals surface area contributed by atoms with Gasteiger partial charge in [-0.1, -0.05) is 6.08 Å². The highest BCUT2D eigenvalue weighted by Gasteiger charge is 2.34. The number of oxazole rings is 1. The van der Waals surface area contributed by atoms with Gasteiger partial charge >= 0.3 is 0 Å². The average molecular weight is 428 g/mol. The van der Waals surface area contributed by atoms with E-state index in [1.165, 1.54) is 12.2 Å². The van der Waals surface area contributed by atoms with Crippen LogP contribution in [0, 0.1) is 0 Å². The Morgan fingerprint density at radius 1 is 1.16 bits per heavy atom. The highest BCUT2D eigenvalue weighted by atomic mass is 19.1. The second-order valence-corrected chi connectivity index (χ2v) is 7.51. The fraction of sp³-hybridized carbons (Fsp3) is 0.318. The molecule has 3 N–H and O–H groups in total. The molecule has 162 valence electrons. The van der Waals surface area contributed by atoms with E-state index in [2.05, 4.69) is 10.3 Å². The van der Waals surface area contributed by atoms with Crippen molar-refractivity contribution in [2.24, 2.45) is 5.73 Å². The largest absolute Gasteiger partial charge is 0.423 e. The number of anilines is 2. The van der Waals surface area contributed by atoms with Crippen LogP contribution in [0.25, 0.3) is 0 Å². The van der Waals surface area contributed by atoms with E-state index in [4.69, 9.17) is 10.2 Å². The topological polar surface area (TPSA) is 101 Å². The predicted octanol–water partition coefficient (Wildman–Crippen LogP) is 3.99. The molecule has 0 radical (unpaired) electrons. The van der Waals surface area contributed by atoms with Crippen LogP contribution in [-0.2, 0) is 0 Å². The van der Waals surface area contributed by atoms with Crippen LogP contribution in [0.5, 0.6) is 0 Å². The average Bonchev–Trinajstić information content (AvgIpc) is 3.18. The van der Waals surface area contributed by atoms with Crippen LogP contribution in [0.3, 0.4) is 0 Å². The summed E-state index contributed by atoms with van der Waals surface area (Å²) in [6, 6.07) is 6.61. The smallest absolute Gasteiger partial charge is 0.273 e. The molecule has 2 aromatic rings. The lowest BCUT2D eigenvalue weighted by atomic mass is 9.97. The normalized spacial score (nSPS) is 21.0. The van der Waals surface area contributed by atoms with Gasteiger partial charge in [0.15, 0.2) is 5.69 Å². The van der Waals surface area contributed by atoms with E-state index in [9.17, 15) is 18.4 Å². The number of aromatic nitrogens is 1. The molecule has 2 unspecified atom stereocenters. The zero-order chi connectivity index (χ0) is 22.0. The predicted molar refractivity (Wildman–Crippen MR) is 110 cm³/mol. The molecule has 2 aliphatic rings. The van der Waals surface area contributed by atoms with Gasteiger partial charge in [0.2, 0.25) is 11.8 Å². The van der Waals surface area contributed by atoms with Gasteiger partial charge in [0.05, 0.1) is 0 Å². The summed E-state index contributed by atoms with van der Waals surface area (Å²) in [5, 5.41) is 2.85. The summed E-state index contributed by atoms with van der Waals surface area (Å²) in [7, 11) is 0. The Hall–Kier alpha value is -3.49. The number of halogens is 2. The van der Waals surface area contributed by atoms with E-state index in [0.29, 0.717) is 11.3 Å². The minimum Gasteiger partial charge on any atom is -0.423 e. The second kappa shape index (κ2) is 8.71. The van der Waals surface area contributed by atoms with Gasteiger partial charge in [-0.2, -0.15) is 0 Å². The summed E-state index contributed by atoms with van der Waals surface area (Å²) < 4.78 is 33.8. The number of carbonyl (C=O) groups is 2. The van der Waals surface area contributed by atoms with Crippen LogP contribution in [-0.4, -0.2) is 41.0 Å². The molecule has 1 saturated heterocycles. The number of hydrogen-bond acceptors (Lipinski definition) is 5. The van der Waals surface area contributed by atoms with Crippen LogP contribution in [0.4, 0.5) is 20.4 Å². The fourth-order valence-corrected chi connectivity index (χ4v) is 3.70. The van der Waals surface area contributed by atoms with Gasteiger partial charge in [0.1, 0.15) is 17.9 Å². The Morgan fingerprint density at radius 3 is 2.52 bits per heavy atom. The fourth-order valence-electron chi connectivity index (χ4n) is 3.70. The number of nitrogens with zero attached hydrogens (tertiary/aromatic N) is 2. The number of piperidine rings is 1. The van der Waals surface area contributed by atoms with Crippen molar-refractivity contribution in [3.63, 3.8) is 0 Å². The van der Waals surface area contributed by atoms with Gasteiger partial charge in [-0.15, -0.1) is 0 Å². The summed E-state index contributed by atoms with van der Waals surface area (Å²) in [5.74, 6) is -3.50. The molecule has 1 aromatic heterocycles. The quantitative estimate of drug-likeness (QED) is 0.750. The van der Waals surface area contributed by atoms with Crippen molar-refractivity contribution < 1.29 is 22.8 Å². The molecular weight excluding hydrogens is 406 g/mol. The molecule has 0 bridgehead atoms. The lowest BCUT2D eigenvalue weighted by Crippen LogP contribution is -2.35. The maximum absolute atomic E-state index is 14.2. The second-order valence-electron chi connectivity index (χ2n) is 7.51. The summed E-state index contributed by atoms with van der Waals surface area (Å²) in [6.45, 7) is 1.50. The number of rotatable bonds is 5. The lowest BCUT2D eigenvalue weighted by Gasteiger charge is -2.26. The first kappa shape index (κ1) is 20.8. The third-order valence-electron chi connectivity index (χ3n) is 5.34. The lowest BCUT2D eigenvalue weighted by molar-refractivity contribution is 0.0724. The number of primary amides is 1. The summed E-state index contributed by atoms with van der Waals surface area (Å²) >= 11 is 0. The molecule has 2 atom stereocenters. The van der Waals surface area contributed by atoms with E-state index >= 15 is 0 Å². The van der Waals surface area contributed by atoms with Crippen molar-refractivity contribution in [3.05, 3.63) is 65.5 Å². The highest BCUT2D eigenvalue weighted by molar-refractivity contribution is 5.96. The van der Waals surface area contributed by atoms with Gasteiger partial charge in [0.25, 0.3) is 11.8 Å². The van der Waals surface area contributed by atoms with E-state index in [1.807, 2.05) is 4.90 Å². The Bertz CT molecular complexity index is 1040. The Morgan fingerprint density at radius 2 is 1.87 bits per heavy atom. The van der Waals surface area contributed by atoms with Crippen molar-refractivity contribution in [2.45, 2.75) is 31.4 Å². The van der Waals surface area contributed by atoms with Gasteiger partial charge in [-0.25, -0.2) is 13.8 Å². The van der Waals surface area contributed by atoms with Crippen LogP contribution in [0.15, 0.2) is 52.7 Å². The molecule has 0 saturated carbocycles. The Labute approximate surface area is 177 Å². The van der Waals surface area contributed by atoms with Gasteiger partial charge in [0, 0.05) is 24.3 Å². The molecule has 2 amide bonds. The number of nitrogens with two attached hydrogens (primary N) is 1. The first-order chi connectivity index (χ1) is 14.9. The number of amides is 2. The minimum absolute atomic E-state index is 0.0346. The Kier molecular flexibility index (Phi) is 5.83. The van der Waals surface area contributed by atoms with Crippen molar-refractivity contribution in [3.8, 4) is 0 Å². The van der Waals surface area contributed by atoms with Gasteiger partial charge in [-0.05, 0) is 55.7 Å². The SMILES string of the molecule is NC(=O)c1nc(C2C(F)=CC=CC2F)oc1Nc1ccc(C(=O)N2CCCCC2)cc1. The van der Waals surface area contributed by atoms with Crippen molar-refractivity contribution in [2.75, 3.05) is 18.4 Å². The molecule has 1 aliphatic heterocycles. The number of nitrogens with one attached hydrogen (secondary N) is 1. The van der Waals surface area contributed by atoms with Crippen LogP contribution in [0.1, 0.15) is 51.9 Å². The summed E-state index contributed by atoms with van der Waals surface area (Å²) in [4.78, 5) is 30.1. The maximum Gasteiger partial charge on any atom is 0.273 e. The number of likely N-dealkylation sites (tertiary alicyclic amines) is 1. The molecule has 1 aliphatic carbocycles. The number of alkyl halides is 1. The zero-order valence-corrected chi connectivity index (χ0v) is 16.7. The van der Waals surface area contributed by atoms with Crippen molar-refractivity contribution in [1.82, 2.24) is 9.88 Å². The van der Waals surface area contributed by atoms with E-state index in [1.54, 1.807) is 24.3 Å². The van der Waals surface area contributed by atoms with E-state index < -0.39 is 23.8 Å².